The van der Waals surface area contributed by atoms with Crippen LogP contribution in [0.25, 0.3) is 0 Å². The number of non-ortho nitro benzene ring substituents is 1. The Morgan fingerprint density at radius 1 is 1.29 bits per heavy atom. The van der Waals surface area contributed by atoms with Gasteiger partial charge in [-0.2, -0.15) is 0 Å². The van der Waals surface area contributed by atoms with Gasteiger partial charge in [0, 0.05) is 30.0 Å². The summed E-state index contributed by atoms with van der Waals surface area (Å²) in [5, 5.41) is 14.0. The van der Waals surface area contributed by atoms with Crippen molar-refractivity contribution in [2.75, 3.05) is 25.4 Å². The standard InChI is InChI=1S/C14H17N3O3S/c18-13(11-1-3-12(4-2-11)17(19)20)16-9-10-21-14(16)5-7-15-8-6-14/h1-4,15H,5-10H2. The molecule has 0 unspecified atom stereocenters. The van der Waals surface area contributed by atoms with Crippen molar-refractivity contribution < 1.29 is 9.72 Å². The maximum absolute atomic E-state index is 12.7. The third-order valence-electron chi connectivity index (χ3n) is 4.13. The topological polar surface area (TPSA) is 75.5 Å². The molecule has 0 saturated carbocycles. The van der Waals surface area contributed by atoms with E-state index in [9.17, 15) is 14.9 Å². The highest BCUT2D eigenvalue weighted by Crippen LogP contribution is 2.43. The number of hydrogen-bond acceptors (Lipinski definition) is 5. The minimum atomic E-state index is -0.450. The molecule has 7 heteroatoms. The normalized spacial score (nSPS) is 20.7. The average Bonchev–Trinajstić information content (AvgIpc) is 2.90. The summed E-state index contributed by atoms with van der Waals surface area (Å²) in [7, 11) is 0. The second-order valence-electron chi connectivity index (χ2n) is 5.31. The highest BCUT2D eigenvalue weighted by Gasteiger charge is 2.45. The minimum absolute atomic E-state index is 0.0129. The SMILES string of the molecule is O=C(c1ccc([N+](=O)[O-])cc1)N1CCSC12CCNCC2. The number of nitrogens with zero attached hydrogens (tertiary/aromatic N) is 2. The van der Waals surface area contributed by atoms with Gasteiger partial charge in [0.1, 0.15) is 0 Å². The Labute approximate surface area is 127 Å². The van der Waals surface area contributed by atoms with Gasteiger partial charge in [0.2, 0.25) is 0 Å². The van der Waals surface area contributed by atoms with Gasteiger partial charge in [-0.15, -0.1) is 11.8 Å². The second kappa shape index (κ2) is 5.65. The van der Waals surface area contributed by atoms with Gasteiger partial charge >= 0.3 is 0 Å². The molecule has 2 fully saturated rings. The van der Waals surface area contributed by atoms with Gasteiger partial charge < -0.3 is 10.2 Å². The van der Waals surface area contributed by atoms with Crippen molar-refractivity contribution in [3.63, 3.8) is 0 Å². The summed E-state index contributed by atoms with van der Waals surface area (Å²) in [5.41, 5.74) is 0.542. The van der Waals surface area contributed by atoms with Crippen LogP contribution in [0.4, 0.5) is 5.69 Å². The number of thioether (sulfide) groups is 1. The lowest BCUT2D eigenvalue weighted by Crippen LogP contribution is -2.51. The fraction of sp³-hybridized carbons (Fsp3) is 0.500. The molecule has 0 bridgehead atoms. The van der Waals surface area contributed by atoms with E-state index in [1.54, 1.807) is 12.1 Å². The molecule has 6 nitrogen and oxygen atoms in total. The number of nitro groups is 1. The number of carbonyl (C=O) groups excluding carboxylic acids is 1. The summed E-state index contributed by atoms with van der Waals surface area (Å²) in [6.45, 7) is 2.61. The summed E-state index contributed by atoms with van der Waals surface area (Å²) < 4.78 is 0. The quantitative estimate of drug-likeness (QED) is 0.667. The molecule has 1 spiro atoms. The van der Waals surface area contributed by atoms with E-state index in [0.717, 1.165) is 38.2 Å². The van der Waals surface area contributed by atoms with Gasteiger partial charge in [-0.25, -0.2) is 0 Å². The van der Waals surface area contributed by atoms with Crippen molar-refractivity contribution in [1.82, 2.24) is 10.2 Å². The lowest BCUT2D eigenvalue weighted by molar-refractivity contribution is -0.384. The van der Waals surface area contributed by atoms with Gasteiger partial charge in [-0.1, -0.05) is 0 Å². The molecule has 0 radical (unpaired) electrons. The Morgan fingerprint density at radius 2 is 1.95 bits per heavy atom. The van der Waals surface area contributed by atoms with Crippen LogP contribution in [0.1, 0.15) is 23.2 Å². The first-order chi connectivity index (χ1) is 10.1. The van der Waals surface area contributed by atoms with E-state index in [1.807, 2.05) is 16.7 Å². The predicted octanol–water partition coefficient (Wildman–Crippen LogP) is 1.86. The van der Waals surface area contributed by atoms with Crippen molar-refractivity contribution in [2.24, 2.45) is 0 Å². The van der Waals surface area contributed by atoms with Gasteiger partial charge in [-0.05, 0) is 38.1 Å². The zero-order valence-electron chi connectivity index (χ0n) is 11.6. The molecule has 112 valence electrons. The summed E-state index contributed by atoms with van der Waals surface area (Å²) in [4.78, 5) is 24.8. The summed E-state index contributed by atoms with van der Waals surface area (Å²) in [5.74, 6) is 0.940. The summed E-state index contributed by atoms with van der Waals surface area (Å²) in [6, 6.07) is 5.90. The molecule has 0 aromatic heterocycles. The second-order valence-corrected chi connectivity index (χ2v) is 6.76. The molecule has 0 atom stereocenters. The highest BCUT2D eigenvalue weighted by atomic mass is 32.2. The van der Waals surface area contributed by atoms with Crippen molar-refractivity contribution in [2.45, 2.75) is 17.7 Å². The van der Waals surface area contributed by atoms with Crippen LogP contribution in [-0.2, 0) is 0 Å². The van der Waals surface area contributed by atoms with Crippen LogP contribution in [0.15, 0.2) is 24.3 Å². The molecular weight excluding hydrogens is 290 g/mol. The van der Waals surface area contributed by atoms with Crippen LogP contribution in [0, 0.1) is 10.1 Å². The highest BCUT2D eigenvalue weighted by molar-refractivity contribution is 8.00. The third kappa shape index (κ3) is 2.63. The lowest BCUT2D eigenvalue weighted by atomic mass is 10.0. The van der Waals surface area contributed by atoms with Crippen LogP contribution in [-0.4, -0.2) is 46.0 Å². The van der Waals surface area contributed by atoms with Crippen molar-refractivity contribution in [3.05, 3.63) is 39.9 Å². The van der Waals surface area contributed by atoms with E-state index < -0.39 is 4.92 Å². The first kappa shape index (κ1) is 14.3. The van der Waals surface area contributed by atoms with Crippen LogP contribution < -0.4 is 5.32 Å². The Kier molecular flexibility index (Phi) is 3.86. The fourth-order valence-corrected chi connectivity index (χ4v) is 4.49. The molecule has 1 amide bonds. The minimum Gasteiger partial charge on any atom is -0.323 e. The zero-order valence-corrected chi connectivity index (χ0v) is 12.4. The summed E-state index contributed by atoms with van der Waals surface area (Å²) in [6.07, 6.45) is 1.91. The third-order valence-corrected chi connectivity index (χ3v) is 5.69. The molecule has 2 heterocycles. The van der Waals surface area contributed by atoms with E-state index in [2.05, 4.69) is 5.32 Å². The molecule has 21 heavy (non-hydrogen) atoms. The average molecular weight is 307 g/mol. The maximum atomic E-state index is 12.7. The maximum Gasteiger partial charge on any atom is 0.269 e. The Hall–Kier alpha value is -1.60. The number of nitrogens with one attached hydrogen (secondary N) is 1. The van der Waals surface area contributed by atoms with Gasteiger partial charge in [0.25, 0.3) is 11.6 Å². The molecule has 2 saturated heterocycles. The smallest absolute Gasteiger partial charge is 0.269 e. The molecule has 0 aliphatic carbocycles. The van der Waals surface area contributed by atoms with Gasteiger partial charge in [0.05, 0.1) is 9.79 Å². The number of nitro benzene ring substituents is 1. The Balaban J connectivity index is 1.82. The zero-order chi connectivity index (χ0) is 14.9. The number of carbonyl (C=O) groups is 1. The van der Waals surface area contributed by atoms with Gasteiger partial charge in [0.15, 0.2) is 0 Å². The first-order valence-electron chi connectivity index (χ1n) is 7.03. The molecule has 2 aliphatic heterocycles. The fourth-order valence-electron chi connectivity index (χ4n) is 3.01. The van der Waals surface area contributed by atoms with Crippen molar-refractivity contribution in [3.8, 4) is 0 Å². The predicted molar refractivity (Wildman–Crippen MR) is 81.4 cm³/mol. The monoisotopic (exact) mass is 307 g/mol. The number of piperidine rings is 1. The summed E-state index contributed by atoms with van der Waals surface area (Å²) >= 11 is 1.86. The van der Waals surface area contributed by atoms with Crippen LogP contribution in [0.5, 0.6) is 0 Å². The number of rotatable bonds is 2. The van der Waals surface area contributed by atoms with Crippen LogP contribution >= 0.6 is 11.8 Å². The van der Waals surface area contributed by atoms with E-state index in [1.165, 1.54) is 12.1 Å². The van der Waals surface area contributed by atoms with Crippen LogP contribution in [0.2, 0.25) is 0 Å². The number of amides is 1. The molecule has 2 aliphatic rings. The van der Waals surface area contributed by atoms with E-state index in [0.29, 0.717) is 5.56 Å². The molecule has 1 aromatic carbocycles. The lowest BCUT2D eigenvalue weighted by Gasteiger charge is -2.40. The van der Waals surface area contributed by atoms with Crippen LogP contribution in [0.3, 0.4) is 0 Å². The molecule has 1 N–H and O–H groups in total. The van der Waals surface area contributed by atoms with Crippen molar-refractivity contribution in [1.29, 1.82) is 0 Å². The van der Waals surface area contributed by atoms with E-state index in [4.69, 9.17) is 0 Å². The Bertz CT molecular complexity index is 555. The van der Waals surface area contributed by atoms with E-state index >= 15 is 0 Å². The van der Waals surface area contributed by atoms with Gasteiger partial charge in [-0.3, -0.25) is 14.9 Å². The molecule has 3 rings (SSSR count). The Morgan fingerprint density at radius 3 is 2.57 bits per heavy atom. The van der Waals surface area contributed by atoms with E-state index in [-0.39, 0.29) is 16.5 Å². The largest absolute Gasteiger partial charge is 0.323 e. The number of hydrogen-bond donors (Lipinski definition) is 1. The molecule has 1 aromatic rings. The first-order valence-corrected chi connectivity index (χ1v) is 8.02. The van der Waals surface area contributed by atoms with Crippen molar-refractivity contribution >= 4 is 23.4 Å². The number of benzene rings is 1. The molecular formula is C14H17N3O3S.